The van der Waals surface area contributed by atoms with E-state index in [9.17, 15) is 13.6 Å². The summed E-state index contributed by atoms with van der Waals surface area (Å²) < 4.78 is 29.5. The molecule has 0 unspecified atom stereocenters. The van der Waals surface area contributed by atoms with Gasteiger partial charge in [0.05, 0.1) is 11.3 Å². The van der Waals surface area contributed by atoms with Gasteiger partial charge < -0.3 is 4.72 Å². The fourth-order valence-corrected chi connectivity index (χ4v) is 2.04. The predicted molar refractivity (Wildman–Crippen MR) is 67.7 cm³/mol. The molecule has 0 amide bonds. The van der Waals surface area contributed by atoms with Crippen molar-refractivity contribution in [3.8, 4) is 0 Å². The van der Waals surface area contributed by atoms with Gasteiger partial charge in [-0.15, -0.1) is 0 Å². The van der Waals surface area contributed by atoms with Crippen molar-refractivity contribution < 1.29 is 13.6 Å². The molecular weight excluding hydrogens is 256 g/mol. The normalized spacial score (nSPS) is 10.1. The highest BCUT2D eigenvalue weighted by molar-refractivity contribution is 8.00. The Morgan fingerprint density at radius 3 is 2.44 bits per heavy atom. The van der Waals surface area contributed by atoms with Gasteiger partial charge in [0.15, 0.2) is 12.1 Å². The van der Waals surface area contributed by atoms with Crippen molar-refractivity contribution in [2.24, 2.45) is 0 Å². The smallest absolute Gasteiger partial charge is 0.160 e. The predicted octanol–water partition coefficient (Wildman–Crippen LogP) is 3.90. The van der Waals surface area contributed by atoms with Crippen LogP contribution in [0.4, 0.5) is 14.5 Å². The molecule has 0 bridgehead atoms. The highest BCUT2D eigenvalue weighted by Crippen LogP contribution is 2.25. The molecule has 18 heavy (non-hydrogen) atoms. The van der Waals surface area contributed by atoms with E-state index in [-0.39, 0.29) is 12.0 Å². The van der Waals surface area contributed by atoms with Crippen LogP contribution in [0.2, 0.25) is 0 Å². The topological polar surface area (TPSA) is 29.1 Å². The lowest BCUT2D eigenvalue weighted by atomic mass is 10.2. The summed E-state index contributed by atoms with van der Waals surface area (Å²) in [7, 11) is 0. The summed E-state index contributed by atoms with van der Waals surface area (Å²) in [5.74, 6) is -1.74. The molecule has 0 fully saturated rings. The quantitative estimate of drug-likeness (QED) is 0.671. The van der Waals surface area contributed by atoms with Crippen LogP contribution < -0.4 is 4.72 Å². The van der Waals surface area contributed by atoms with Gasteiger partial charge in [-0.2, -0.15) is 0 Å². The minimum absolute atomic E-state index is 0.0763. The average Bonchev–Trinajstić information content (AvgIpc) is 2.40. The maximum absolute atomic E-state index is 13.7. The Morgan fingerprint density at radius 2 is 1.78 bits per heavy atom. The van der Waals surface area contributed by atoms with E-state index in [2.05, 4.69) is 4.72 Å². The second-order valence-corrected chi connectivity index (χ2v) is 4.34. The fourth-order valence-electron chi connectivity index (χ4n) is 1.36. The zero-order valence-corrected chi connectivity index (χ0v) is 10.0. The van der Waals surface area contributed by atoms with E-state index in [1.165, 1.54) is 18.0 Å². The molecule has 0 atom stereocenters. The molecule has 1 N–H and O–H groups in total. The largest absolute Gasteiger partial charge is 0.323 e. The first kappa shape index (κ1) is 12.6. The minimum Gasteiger partial charge on any atom is -0.323 e. The summed E-state index contributed by atoms with van der Waals surface area (Å²) in [6.45, 7) is 0. The van der Waals surface area contributed by atoms with Crippen molar-refractivity contribution in [2.75, 3.05) is 4.72 Å². The van der Waals surface area contributed by atoms with Crippen LogP contribution in [0.1, 0.15) is 10.4 Å². The number of halogens is 2. The summed E-state index contributed by atoms with van der Waals surface area (Å²) in [6.07, 6.45) is 0.170. The molecule has 0 aliphatic carbocycles. The van der Waals surface area contributed by atoms with E-state index in [1.54, 1.807) is 0 Å². The molecule has 2 rings (SSSR count). The van der Waals surface area contributed by atoms with E-state index in [1.807, 2.05) is 30.3 Å². The van der Waals surface area contributed by atoms with Crippen LogP contribution in [-0.2, 0) is 0 Å². The van der Waals surface area contributed by atoms with Gasteiger partial charge in [-0.25, -0.2) is 8.78 Å². The zero-order valence-electron chi connectivity index (χ0n) is 9.19. The summed E-state index contributed by atoms with van der Waals surface area (Å²) in [4.78, 5) is 11.4. The monoisotopic (exact) mass is 265 g/mol. The van der Waals surface area contributed by atoms with Gasteiger partial charge in [-0.05, 0) is 36.2 Å². The molecule has 5 heteroatoms. The Morgan fingerprint density at radius 1 is 1.06 bits per heavy atom. The van der Waals surface area contributed by atoms with E-state index >= 15 is 0 Å². The summed E-state index contributed by atoms with van der Waals surface area (Å²) in [5, 5.41) is 0. The van der Waals surface area contributed by atoms with Gasteiger partial charge in [-0.3, -0.25) is 4.79 Å². The number of aldehydes is 1. The van der Waals surface area contributed by atoms with Gasteiger partial charge in [0.1, 0.15) is 5.82 Å². The lowest BCUT2D eigenvalue weighted by Crippen LogP contribution is -1.98. The van der Waals surface area contributed by atoms with Gasteiger partial charge >= 0.3 is 0 Å². The molecule has 2 aromatic carbocycles. The van der Waals surface area contributed by atoms with Crippen molar-refractivity contribution in [3.05, 3.63) is 59.7 Å². The van der Waals surface area contributed by atoms with Gasteiger partial charge in [0, 0.05) is 4.90 Å². The second kappa shape index (κ2) is 5.64. The van der Waals surface area contributed by atoms with Crippen LogP contribution in [0, 0.1) is 11.6 Å². The first-order valence-corrected chi connectivity index (χ1v) is 5.95. The lowest BCUT2D eigenvalue weighted by molar-refractivity contribution is 0.111. The Bertz CT molecular complexity index is 560. The number of carbonyl (C=O) groups is 1. The van der Waals surface area contributed by atoms with E-state index < -0.39 is 17.2 Å². The van der Waals surface area contributed by atoms with Gasteiger partial charge in [0.2, 0.25) is 0 Å². The minimum atomic E-state index is -0.881. The van der Waals surface area contributed by atoms with E-state index in [4.69, 9.17) is 0 Å². The molecule has 0 saturated heterocycles. The van der Waals surface area contributed by atoms with Gasteiger partial charge in [-0.1, -0.05) is 18.2 Å². The average molecular weight is 265 g/mol. The van der Waals surface area contributed by atoms with Gasteiger partial charge in [0.25, 0.3) is 0 Å². The molecule has 0 radical (unpaired) electrons. The lowest BCUT2D eigenvalue weighted by Gasteiger charge is -2.08. The number of anilines is 1. The maximum atomic E-state index is 13.7. The number of nitrogens with one attached hydrogen (secondary N) is 1. The van der Waals surface area contributed by atoms with Crippen LogP contribution in [0.3, 0.4) is 0 Å². The first-order chi connectivity index (χ1) is 8.72. The number of hydrogen-bond acceptors (Lipinski definition) is 3. The molecule has 2 aromatic rings. The Labute approximate surface area is 107 Å². The molecule has 0 aliphatic rings. The van der Waals surface area contributed by atoms with Crippen LogP contribution in [0.15, 0.2) is 47.4 Å². The van der Waals surface area contributed by atoms with Crippen molar-refractivity contribution in [1.29, 1.82) is 0 Å². The molecule has 2 nitrogen and oxygen atoms in total. The number of rotatable bonds is 4. The van der Waals surface area contributed by atoms with Crippen LogP contribution >= 0.6 is 11.9 Å². The molecule has 92 valence electrons. The third-order valence-electron chi connectivity index (χ3n) is 2.27. The first-order valence-electron chi connectivity index (χ1n) is 5.13. The number of hydrogen-bond donors (Lipinski definition) is 1. The maximum Gasteiger partial charge on any atom is 0.160 e. The molecule has 0 heterocycles. The SMILES string of the molecule is O=Cc1c(F)ccc(NSc2ccccc2)c1F. The van der Waals surface area contributed by atoms with Crippen molar-refractivity contribution in [3.63, 3.8) is 0 Å². The van der Waals surface area contributed by atoms with E-state index in [0.29, 0.717) is 0 Å². The Hall–Kier alpha value is -1.88. The molecule has 0 aliphatic heterocycles. The third-order valence-corrected chi connectivity index (χ3v) is 3.10. The Kier molecular flexibility index (Phi) is 3.94. The summed E-state index contributed by atoms with van der Waals surface area (Å²) >= 11 is 1.18. The molecule has 0 saturated carbocycles. The van der Waals surface area contributed by atoms with Crippen LogP contribution in [-0.4, -0.2) is 6.29 Å². The highest BCUT2D eigenvalue weighted by Gasteiger charge is 2.12. The summed E-state index contributed by atoms with van der Waals surface area (Å²) in [6, 6.07) is 11.6. The molecule has 0 spiro atoms. The molecule has 0 aromatic heterocycles. The third kappa shape index (κ3) is 2.68. The number of benzene rings is 2. The highest BCUT2D eigenvalue weighted by atomic mass is 32.2. The van der Waals surface area contributed by atoms with Crippen molar-refractivity contribution in [1.82, 2.24) is 0 Å². The standard InChI is InChI=1S/C13H9F2NOS/c14-11-6-7-12(13(15)10(11)8-17)16-18-9-4-2-1-3-5-9/h1-8,16H. The van der Waals surface area contributed by atoms with Crippen molar-refractivity contribution in [2.45, 2.75) is 4.90 Å². The second-order valence-electron chi connectivity index (χ2n) is 3.46. The zero-order chi connectivity index (χ0) is 13.0. The van der Waals surface area contributed by atoms with Crippen LogP contribution in [0.25, 0.3) is 0 Å². The van der Waals surface area contributed by atoms with E-state index in [0.717, 1.165) is 11.0 Å². The summed E-state index contributed by atoms with van der Waals surface area (Å²) in [5.41, 5.74) is -0.485. The number of carbonyl (C=O) groups excluding carboxylic acids is 1. The van der Waals surface area contributed by atoms with Crippen LogP contribution in [0.5, 0.6) is 0 Å². The Balaban J connectivity index is 2.18. The van der Waals surface area contributed by atoms with Crippen molar-refractivity contribution >= 4 is 23.9 Å². The fraction of sp³-hybridized carbons (Fsp3) is 0. The molecular formula is C13H9F2NOS.